The lowest BCUT2D eigenvalue weighted by Crippen LogP contribution is -2.55. The molecule has 2 fully saturated rings. The normalized spacial score (nSPS) is 25.1. The summed E-state index contributed by atoms with van der Waals surface area (Å²) in [6, 6.07) is 12.4. The van der Waals surface area contributed by atoms with Crippen molar-refractivity contribution >= 4 is 12.1 Å². The number of amides is 1. The van der Waals surface area contributed by atoms with Crippen LogP contribution in [-0.2, 0) is 22.1 Å². The number of ether oxygens (including phenoxy) is 1. The van der Waals surface area contributed by atoms with E-state index in [-0.39, 0.29) is 29.9 Å². The van der Waals surface area contributed by atoms with Crippen LogP contribution < -0.4 is 0 Å². The Morgan fingerprint density at radius 3 is 2.60 bits per heavy atom. The van der Waals surface area contributed by atoms with Gasteiger partial charge in [0.15, 0.2) is 0 Å². The first-order chi connectivity index (χ1) is 16.5. The molecule has 1 amide bonds. The Kier molecular flexibility index (Phi) is 6.84. The first kappa shape index (κ1) is 25.1. The fraction of sp³-hybridized carbons (Fsp3) is 0.481. The lowest BCUT2D eigenvalue weighted by Gasteiger charge is -2.49. The number of nitrogens with zero attached hydrogens (tertiary/aromatic N) is 1. The number of alkyl halides is 3. The van der Waals surface area contributed by atoms with Gasteiger partial charge in [0, 0.05) is 24.4 Å². The third-order valence-electron chi connectivity index (χ3n) is 7.67. The Bertz CT molecular complexity index is 1100. The van der Waals surface area contributed by atoms with E-state index < -0.39 is 29.4 Å². The fourth-order valence-electron chi connectivity index (χ4n) is 6.04. The second kappa shape index (κ2) is 9.55. The number of hydrogen-bond donors (Lipinski definition) is 1. The highest BCUT2D eigenvalue weighted by atomic mass is 19.4. The van der Waals surface area contributed by atoms with Gasteiger partial charge in [-0.3, -0.25) is 4.79 Å². The minimum atomic E-state index is -4.50. The van der Waals surface area contributed by atoms with Crippen LogP contribution in [-0.4, -0.2) is 40.3 Å². The highest BCUT2D eigenvalue weighted by molar-refractivity contribution is 5.73. The minimum absolute atomic E-state index is 0.187. The summed E-state index contributed by atoms with van der Waals surface area (Å²) in [5.74, 6) is -0.999. The molecule has 0 aromatic heterocycles. The van der Waals surface area contributed by atoms with E-state index in [4.69, 9.17) is 4.74 Å². The van der Waals surface area contributed by atoms with Crippen LogP contribution in [0.15, 0.2) is 48.5 Å². The van der Waals surface area contributed by atoms with Crippen LogP contribution in [0.5, 0.6) is 0 Å². The third kappa shape index (κ3) is 5.02. The molecule has 1 saturated heterocycles. The summed E-state index contributed by atoms with van der Waals surface area (Å²) in [4.78, 5) is 26.5. The summed E-state index contributed by atoms with van der Waals surface area (Å²) in [5, 5.41) is 9.71. The van der Waals surface area contributed by atoms with Crippen molar-refractivity contribution in [2.45, 2.75) is 69.7 Å². The average Bonchev–Trinajstić information content (AvgIpc) is 3.24. The zero-order chi connectivity index (χ0) is 25.4. The predicted molar refractivity (Wildman–Crippen MR) is 124 cm³/mol. The maximum atomic E-state index is 13.2. The number of fused-ring (bicyclic) bond motifs is 1. The van der Waals surface area contributed by atoms with Crippen LogP contribution in [0.1, 0.15) is 60.8 Å². The fourth-order valence-corrected chi connectivity index (χ4v) is 6.04. The van der Waals surface area contributed by atoms with E-state index in [1.807, 2.05) is 38.1 Å². The smallest absolute Gasteiger partial charge is 0.416 e. The maximum Gasteiger partial charge on any atom is 0.416 e. The van der Waals surface area contributed by atoms with E-state index >= 15 is 0 Å². The first-order valence-corrected chi connectivity index (χ1v) is 12.0. The molecule has 1 saturated carbocycles. The number of esters is 1. The van der Waals surface area contributed by atoms with Gasteiger partial charge in [-0.05, 0) is 49.8 Å². The highest BCUT2D eigenvalue weighted by Crippen LogP contribution is 2.51. The molecule has 2 aromatic carbocycles. The quantitative estimate of drug-likeness (QED) is 0.508. The van der Waals surface area contributed by atoms with Gasteiger partial charge in [-0.15, -0.1) is 0 Å². The van der Waals surface area contributed by atoms with Crippen LogP contribution in [0.25, 0.3) is 0 Å². The second-order valence-electron chi connectivity index (χ2n) is 9.77. The SMILES string of the molecule is Cc1cccc(C(C)C2(OC(=O)Cc3cccc(C(F)(F)F)c3)CCCC3C2CCN3C(=O)O)c1. The molecule has 1 aliphatic heterocycles. The third-order valence-corrected chi connectivity index (χ3v) is 7.67. The van der Waals surface area contributed by atoms with Gasteiger partial charge in [0.1, 0.15) is 5.60 Å². The molecule has 188 valence electrons. The van der Waals surface area contributed by atoms with Crippen LogP contribution in [0.2, 0.25) is 0 Å². The Balaban J connectivity index is 1.66. The lowest BCUT2D eigenvalue weighted by molar-refractivity contribution is -0.175. The molecule has 1 N–H and O–H groups in total. The molecule has 0 bridgehead atoms. The molecule has 5 nitrogen and oxygen atoms in total. The number of carbonyl (C=O) groups excluding carboxylic acids is 1. The van der Waals surface area contributed by atoms with Gasteiger partial charge in [0.2, 0.25) is 0 Å². The number of likely N-dealkylation sites (tertiary alicyclic amines) is 1. The maximum absolute atomic E-state index is 13.2. The first-order valence-electron chi connectivity index (χ1n) is 12.0. The molecule has 0 radical (unpaired) electrons. The van der Waals surface area contributed by atoms with Gasteiger partial charge >= 0.3 is 18.2 Å². The van der Waals surface area contributed by atoms with Gasteiger partial charge < -0.3 is 14.7 Å². The summed E-state index contributed by atoms with van der Waals surface area (Å²) < 4.78 is 45.7. The molecule has 4 unspecified atom stereocenters. The monoisotopic (exact) mass is 489 g/mol. The average molecular weight is 490 g/mol. The van der Waals surface area contributed by atoms with Gasteiger partial charge in [-0.1, -0.05) is 55.0 Å². The molecule has 2 aromatic rings. The Morgan fingerprint density at radius 1 is 1.17 bits per heavy atom. The number of rotatable bonds is 5. The van der Waals surface area contributed by atoms with E-state index in [2.05, 4.69) is 0 Å². The van der Waals surface area contributed by atoms with Crippen LogP contribution >= 0.6 is 0 Å². The standard InChI is InChI=1S/C27H30F3NO4/c1-17-6-3-8-20(14-17)18(2)26(12-5-10-23-22(26)11-13-31(23)25(33)34)35-24(32)16-19-7-4-9-21(15-19)27(28,29)30/h3-4,6-9,14-15,18,22-23H,5,10-13,16H2,1-2H3,(H,33,34). The van der Waals surface area contributed by atoms with Crippen LogP contribution in [0.4, 0.5) is 18.0 Å². The molecular formula is C27H30F3NO4. The van der Waals surface area contributed by atoms with Crippen LogP contribution in [0, 0.1) is 12.8 Å². The van der Waals surface area contributed by atoms with Gasteiger partial charge in [0.05, 0.1) is 12.0 Å². The Labute approximate surface area is 202 Å². The van der Waals surface area contributed by atoms with Crippen molar-refractivity contribution in [2.24, 2.45) is 5.92 Å². The minimum Gasteiger partial charge on any atom is -0.465 e. The Morgan fingerprint density at radius 2 is 1.91 bits per heavy atom. The van der Waals surface area contributed by atoms with Crippen molar-refractivity contribution in [3.8, 4) is 0 Å². The summed E-state index contributed by atoms with van der Waals surface area (Å²) >= 11 is 0. The Hall–Kier alpha value is -3.03. The number of carboxylic acid groups (broad SMARTS) is 1. The van der Waals surface area contributed by atoms with Crippen molar-refractivity contribution < 1.29 is 32.6 Å². The van der Waals surface area contributed by atoms with Crippen molar-refractivity contribution in [1.82, 2.24) is 4.90 Å². The van der Waals surface area contributed by atoms with Gasteiger partial charge in [0.25, 0.3) is 0 Å². The topological polar surface area (TPSA) is 66.8 Å². The molecule has 0 spiro atoms. The lowest BCUT2D eigenvalue weighted by atomic mass is 9.64. The van der Waals surface area contributed by atoms with Crippen molar-refractivity contribution in [1.29, 1.82) is 0 Å². The predicted octanol–water partition coefficient (Wildman–Crippen LogP) is 6.19. The zero-order valence-electron chi connectivity index (χ0n) is 19.8. The summed E-state index contributed by atoms with van der Waals surface area (Å²) in [6.07, 6.45) is -3.22. The van der Waals surface area contributed by atoms with E-state index in [1.165, 1.54) is 17.0 Å². The van der Waals surface area contributed by atoms with E-state index in [0.29, 0.717) is 32.2 Å². The largest absolute Gasteiger partial charge is 0.465 e. The van der Waals surface area contributed by atoms with E-state index in [0.717, 1.165) is 23.3 Å². The van der Waals surface area contributed by atoms with Gasteiger partial charge in [-0.2, -0.15) is 13.2 Å². The van der Waals surface area contributed by atoms with Crippen LogP contribution in [0.3, 0.4) is 0 Å². The van der Waals surface area contributed by atoms with Crippen molar-refractivity contribution in [3.63, 3.8) is 0 Å². The summed E-state index contributed by atoms with van der Waals surface area (Å²) in [7, 11) is 0. The summed E-state index contributed by atoms with van der Waals surface area (Å²) in [6.45, 7) is 4.35. The molecule has 8 heteroatoms. The molecule has 1 heterocycles. The number of benzene rings is 2. The number of hydrogen-bond acceptors (Lipinski definition) is 3. The zero-order valence-corrected chi connectivity index (χ0v) is 19.8. The van der Waals surface area contributed by atoms with E-state index in [9.17, 15) is 27.9 Å². The summed E-state index contributed by atoms with van der Waals surface area (Å²) in [5.41, 5.74) is 0.530. The van der Waals surface area contributed by atoms with Gasteiger partial charge in [-0.25, -0.2) is 4.79 Å². The highest BCUT2D eigenvalue weighted by Gasteiger charge is 2.56. The molecule has 2 aliphatic rings. The van der Waals surface area contributed by atoms with Crippen molar-refractivity contribution in [2.75, 3.05) is 6.54 Å². The van der Waals surface area contributed by atoms with Crippen molar-refractivity contribution in [3.05, 3.63) is 70.8 Å². The number of aryl methyl sites for hydroxylation is 1. The molecular weight excluding hydrogens is 459 g/mol. The van der Waals surface area contributed by atoms with E-state index in [1.54, 1.807) is 0 Å². The second-order valence-corrected chi connectivity index (χ2v) is 9.77. The number of carbonyl (C=O) groups is 2. The molecule has 4 rings (SSSR count). The molecule has 4 atom stereocenters. The number of halogens is 3. The molecule has 35 heavy (non-hydrogen) atoms. The molecule has 1 aliphatic carbocycles.